The Morgan fingerprint density at radius 1 is 1.19 bits per heavy atom. The minimum absolute atomic E-state index is 0.204. The van der Waals surface area contributed by atoms with Gasteiger partial charge in [-0.2, -0.15) is 0 Å². The number of benzene rings is 1. The van der Waals surface area contributed by atoms with Gasteiger partial charge in [0.25, 0.3) is 0 Å². The topological polar surface area (TPSA) is 3.24 Å². The average molecular weight is 207 g/mol. The van der Waals surface area contributed by atoms with Gasteiger partial charge in [0.1, 0.15) is 0 Å². The van der Waals surface area contributed by atoms with E-state index in [-0.39, 0.29) is 6.85 Å². The monoisotopic (exact) mass is 207 g/mol. The predicted molar refractivity (Wildman–Crippen MR) is 69.7 cm³/mol. The van der Waals surface area contributed by atoms with E-state index < -0.39 is 0 Å². The zero-order valence-electron chi connectivity index (χ0n) is 9.43. The van der Waals surface area contributed by atoms with E-state index in [1.807, 2.05) is 36.4 Å². The van der Waals surface area contributed by atoms with Gasteiger partial charge in [0.05, 0.1) is 0 Å². The van der Waals surface area contributed by atoms with Gasteiger partial charge in [-0.3, -0.25) is 0 Å². The number of rotatable bonds is 1. The average Bonchev–Trinajstić information content (AvgIpc) is 2.38. The van der Waals surface area contributed by atoms with Gasteiger partial charge >= 0.3 is 6.85 Å². The molecule has 0 saturated heterocycles. The van der Waals surface area contributed by atoms with Gasteiger partial charge in [-0.1, -0.05) is 36.2 Å². The van der Waals surface area contributed by atoms with E-state index >= 15 is 0 Å². The Morgan fingerprint density at radius 3 is 2.75 bits per heavy atom. The van der Waals surface area contributed by atoms with Gasteiger partial charge in [-0.25, -0.2) is 0 Å². The number of allylic oxidation sites excluding steroid dienone is 2. The normalized spacial score (nSPS) is 13.6. The van der Waals surface area contributed by atoms with Crippen molar-refractivity contribution in [3.05, 3.63) is 60.2 Å². The lowest BCUT2D eigenvalue weighted by molar-refractivity contribution is 0.618. The molecule has 78 valence electrons. The van der Waals surface area contributed by atoms with Gasteiger partial charge in [0.15, 0.2) is 0 Å². The molecule has 1 aromatic rings. The maximum absolute atomic E-state index is 3.28. The molecule has 1 heterocycles. The number of hydrogen-bond acceptors (Lipinski definition) is 1. The summed E-state index contributed by atoms with van der Waals surface area (Å²) in [4.78, 5) is 2.22. The largest absolute Gasteiger partial charge is 0.407 e. The molecule has 1 aliphatic heterocycles. The zero-order chi connectivity index (χ0) is 11.2. The van der Waals surface area contributed by atoms with Crippen LogP contribution < -0.4 is 0 Å². The first kappa shape index (κ1) is 10.6. The quantitative estimate of drug-likeness (QED) is 0.505. The van der Waals surface area contributed by atoms with Crippen LogP contribution in [0.1, 0.15) is 12.5 Å². The minimum Gasteiger partial charge on any atom is -0.407 e. The first-order chi connectivity index (χ1) is 7.90. The van der Waals surface area contributed by atoms with Crippen molar-refractivity contribution in [2.45, 2.75) is 6.92 Å². The van der Waals surface area contributed by atoms with E-state index in [1.165, 1.54) is 0 Å². The Hall–Kier alpha value is -1.88. The van der Waals surface area contributed by atoms with Crippen LogP contribution in [0.2, 0.25) is 0 Å². The van der Waals surface area contributed by atoms with Crippen molar-refractivity contribution in [3.63, 3.8) is 0 Å². The van der Waals surface area contributed by atoms with E-state index in [1.54, 1.807) is 0 Å². The van der Waals surface area contributed by atoms with Gasteiger partial charge in [-0.15, -0.1) is 5.82 Å². The van der Waals surface area contributed by atoms with Crippen LogP contribution in [0.5, 0.6) is 0 Å². The fourth-order valence-electron chi connectivity index (χ4n) is 1.64. The van der Waals surface area contributed by atoms with Crippen LogP contribution >= 0.6 is 0 Å². The third-order valence-corrected chi connectivity index (χ3v) is 2.54. The summed E-state index contributed by atoms with van der Waals surface area (Å²) in [5, 5.41) is 0. The lowest BCUT2D eigenvalue weighted by Gasteiger charge is -2.22. The van der Waals surface area contributed by atoms with Crippen molar-refractivity contribution in [3.8, 4) is 11.7 Å². The first-order valence-corrected chi connectivity index (χ1v) is 5.57. The summed E-state index contributed by atoms with van der Waals surface area (Å²) in [6.07, 6.45) is 6.19. The standard InChI is InChI=1S/C14H14BN/c1-2-16-13-7-6-11-15(16)12-10-14-8-4-3-5-9-14/h3-9,11,13H,2H2,1H3. The van der Waals surface area contributed by atoms with Crippen molar-refractivity contribution in [1.82, 2.24) is 4.81 Å². The summed E-state index contributed by atoms with van der Waals surface area (Å²) in [5.41, 5.74) is 1.07. The molecular weight excluding hydrogens is 193 g/mol. The molecule has 16 heavy (non-hydrogen) atoms. The fraction of sp³-hybridized carbons (Fsp3) is 0.143. The van der Waals surface area contributed by atoms with Crippen LogP contribution in [0.25, 0.3) is 0 Å². The minimum atomic E-state index is 0.204. The summed E-state index contributed by atoms with van der Waals surface area (Å²) >= 11 is 0. The molecule has 0 unspecified atom stereocenters. The molecule has 0 fully saturated rings. The van der Waals surface area contributed by atoms with Crippen LogP contribution in [0, 0.1) is 11.7 Å². The highest BCUT2D eigenvalue weighted by atomic mass is 15.0. The maximum atomic E-state index is 3.28. The van der Waals surface area contributed by atoms with Crippen LogP contribution in [-0.2, 0) is 0 Å². The molecular formula is C14H14BN. The van der Waals surface area contributed by atoms with Crippen LogP contribution in [0.3, 0.4) is 0 Å². The number of nitrogens with zero attached hydrogens (tertiary/aromatic N) is 1. The van der Waals surface area contributed by atoms with Crippen molar-refractivity contribution < 1.29 is 0 Å². The molecule has 0 aliphatic carbocycles. The molecule has 0 bridgehead atoms. The zero-order valence-corrected chi connectivity index (χ0v) is 9.43. The fourth-order valence-corrected chi connectivity index (χ4v) is 1.64. The van der Waals surface area contributed by atoms with Crippen molar-refractivity contribution in [1.29, 1.82) is 0 Å². The Labute approximate surface area is 97.6 Å². The maximum Gasteiger partial charge on any atom is 0.368 e. The van der Waals surface area contributed by atoms with Gasteiger partial charge in [0, 0.05) is 12.1 Å². The van der Waals surface area contributed by atoms with Gasteiger partial charge < -0.3 is 4.81 Å². The third-order valence-electron chi connectivity index (χ3n) is 2.54. The highest BCUT2D eigenvalue weighted by Crippen LogP contribution is 2.03. The molecule has 0 radical (unpaired) electrons. The smallest absolute Gasteiger partial charge is 0.368 e. The molecule has 1 aliphatic rings. The molecule has 0 spiro atoms. The summed E-state index contributed by atoms with van der Waals surface area (Å²) in [7, 11) is 0. The SMILES string of the molecule is CCN1C=CC=CB1C#Cc1ccccc1. The van der Waals surface area contributed by atoms with Crippen molar-refractivity contribution >= 4 is 6.85 Å². The molecule has 1 aromatic carbocycles. The van der Waals surface area contributed by atoms with E-state index in [0.717, 1.165) is 12.1 Å². The van der Waals surface area contributed by atoms with Gasteiger partial charge in [-0.05, 0) is 31.3 Å². The summed E-state index contributed by atoms with van der Waals surface area (Å²) in [6, 6.07) is 10.1. The van der Waals surface area contributed by atoms with Crippen LogP contribution in [-0.4, -0.2) is 18.2 Å². The van der Waals surface area contributed by atoms with Gasteiger partial charge in [0.2, 0.25) is 0 Å². The van der Waals surface area contributed by atoms with Crippen molar-refractivity contribution in [2.75, 3.05) is 6.54 Å². The molecule has 2 rings (SSSR count). The molecule has 1 nitrogen and oxygen atoms in total. The molecule has 0 aromatic heterocycles. The van der Waals surface area contributed by atoms with E-state index in [4.69, 9.17) is 0 Å². The molecule has 0 amide bonds. The third kappa shape index (κ3) is 2.58. The highest BCUT2D eigenvalue weighted by Gasteiger charge is 2.15. The van der Waals surface area contributed by atoms with E-state index in [9.17, 15) is 0 Å². The first-order valence-electron chi connectivity index (χ1n) is 5.57. The lowest BCUT2D eigenvalue weighted by atomic mass is 9.60. The highest BCUT2D eigenvalue weighted by molar-refractivity contribution is 6.70. The molecule has 0 N–H and O–H groups in total. The van der Waals surface area contributed by atoms with Crippen LogP contribution in [0.4, 0.5) is 0 Å². The summed E-state index contributed by atoms with van der Waals surface area (Å²) in [5.74, 6) is 8.60. The van der Waals surface area contributed by atoms with Crippen LogP contribution in [0.15, 0.2) is 54.7 Å². The van der Waals surface area contributed by atoms with E-state index in [0.29, 0.717) is 0 Å². The summed E-state index contributed by atoms with van der Waals surface area (Å²) < 4.78 is 0. The van der Waals surface area contributed by atoms with Crippen molar-refractivity contribution in [2.24, 2.45) is 0 Å². The Balaban J connectivity index is 2.13. The Morgan fingerprint density at radius 2 is 2.00 bits per heavy atom. The second kappa shape index (κ2) is 5.28. The molecule has 0 saturated carbocycles. The number of hydrogen-bond donors (Lipinski definition) is 0. The molecule has 2 heteroatoms. The second-order valence-electron chi connectivity index (χ2n) is 3.64. The Bertz CT molecular complexity index is 451. The predicted octanol–water partition coefficient (Wildman–Crippen LogP) is 2.51. The van der Waals surface area contributed by atoms with E-state index in [2.05, 4.69) is 41.7 Å². The second-order valence-corrected chi connectivity index (χ2v) is 3.64. The Kier molecular flexibility index (Phi) is 3.51. The molecule has 0 atom stereocenters. The summed E-state index contributed by atoms with van der Waals surface area (Å²) in [6.45, 7) is 3.32. The lowest BCUT2D eigenvalue weighted by Crippen LogP contribution is -2.33.